The Hall–Kier alpha value is -0.670. The minimum Gasteiger partial charge on any atom is -0.330 e. The highest BCUT2D eigenvalue weighted by Gasteiger charge is 2.30. The molecule has 1 aromatic carbocycles. The molecule has 0 radical (unpaired) electrons. The summed E-state index contributed by atoms with van der Waals surface area (Å²) in [5, 5.41) is -0.00925. The zero-order valence-corrected chi connectivity index (χ0v) is 15.2. The van der Waals surface area contributed by atoms with E-state index in [9.17, 15) is 16.8 Å². The first kappa shape index (κ1) is 18.7. The number of nitrogens with two attached hydrogens (primary N) is 1. The van der Waals surface area contributed by atoms with E-state index in [0.29, 0.717) is 13.0 Å². The molecular formula is C14H21ClN2O4S2. The molecule has 130 valence electrons. The molecule has 6 nitrogen and oxygen atoms in total. The van der Waals surface area contributed by atoms with Crippen molar-refractivity contribution in [3.05, 3.63) is 23.2 Å². The van der Waals surface area contributed by atoms with E-state index >= 15 is 0 Å². The van der Waals surface area contributed by atoms with Crippen molar-refractivity contribution in [3.63, 3.8) is 0 Å². The van der Waals surface area contributed by atoms with Gasteiger partial charge < -0.3 is 5.73 Å². The van der Waals surface area contributed by atoms with Gasteiger partial charge in [0.1, 0.15) is 4.90 Å². The standard InChI is InChI=1S/C14H21ClN2O4S2/c1-22(18,19)11-6-7-12(15)14(8-11)23(20,21)17-13-5-3-2-4-10(13)9-16/h6-8,10,13,17H,2-5,9,16H2,1H3/t10-,13+/m1/s1. The Morgan fingerprint density at radius 1 is 1.22 bits per heavy atom. The van der Waals surface area contributed by atoms with Crippen molar-refractivity contribution in [3.8, 4) is 0 Å². The second-order valence-electron chi connectivity index (χ2n) is 5.87. The van der Waals surface area contributed by atoms with Crippen LogP contribution in [-0.2, 0) is 19.9 Å². The highest BCUT2D eigenvalue weighted by atomic mass is 35.5. The van der Waals surface area contributed by atoms with Gasteiger partial charge in [0.15, 0.2) is 9.84 Å². The Balaban J connectivity index is 2.36. The van der Waals surface area contributed by atoms with Crippen LogP contribution in [0.4, 0.5) is 0 Å². The predicted octanol–water partition coefficient (Wildman–Crippen LogP) is 1.54. The Morgan fingerprint density at radius 2 is 1.87 bits per heavy atom. The van der Waals surface area contributed by atoms with Crippen molar-refractivity contribution in [2.24, 2.45) is 11.7 Å². The van der Waals surface area contributed by atoms with Gasteiger partial charge in [-0.3, -0.25) is 0 Å². The summed E-state index contributed by atoms with van der Waals surface area (Å²) in [5.41, 5.74) is 5.72. The van der Waals surface area contributed by atoms with Crippen LogP contribution in [0.5, 0.6) is 0 Å². The van der Waals surface area contributed by atoms with Gasteiger partial charge in [0.2, 0.25) is 10.0 Å². The van der Waals surface area contributed by atoms with Gasteiger partial charge in [0, 0.05) is 12.3 Å². The van der Waals surface area contributed by atoms with Crippen LogP contribution in [0.3, 0.4) is 0 Å². The molecule has 0 bridgehead atoms. The summed E-state index contributed by atoms with van der Waals surface area (Å²) in [6, 6.07) is 3.42. The summed E-state index contributed by atoms with van der Waals surface area (Å²) in [6.07, 6.45) is 4.57. The van der Waals surface area contributed by atoms with Crippen molar-refractivity contribution in [2.75, 3.05) is 12.8 Å². The largest absolute Gasteiger partial charge is 0.330 e. The van der Waals surface area contributed by atoms with Gasteiger partial charge in [0.25, 0.3) is 0 Å². The number of halogens is 1. The van der Waals surface area contributed by atoms with E-state index in [0.717, 1.165) is 31.6 Å². The van der Waals surface area contributed by atoms with Crippen LogP contribution in [0, 0.1) is 5.92 Å². The summed E-state index contributed by atoms with van der Waals surface area (Å²) in [7, 11) is -7.44. The molecule has 0 saturated heterocycles. The highest BCUT2D eigenvalue weighted by Crippen LogP contribution is 2.28. The van der Waals surface area contributed by atoms with Gasteiger partial charge in [-0.15, -0.1) is 0 Å². The molecule has 1 aromatic rings. The molecule has 0 amide bonds. The van der Waals surface area contributed by atoms with E-state index in [4.69, 9.17) is 17.3 Å². The molecule has 1 aliphatic rings. The maximum atomic E-state index is 12.6. The Labute approximate surface area is 142 Å². The number of hydrogen-bond acceptors (Lipinski definition) is 5. The molecule has 2 atom stereocenters. The van der Waals surface area contributed by atoms with Crippen molar-refractivity contribution in [2.45, 2.75) is 41.5 Å². The maximum Gasteiger partial charge on any atom is 0.242 e. The maximum absolute atomic E-state index is 12.6. The van der Waals surface area contributed by atoms with Gasteiger partial charge in [0.05, 0.1) is 9.92 Å². The fourth-order valence-corrected chi connectivity index (χ4v) is 5.41. The zero-order chi connectivity index (χ0) is 17.3. The molecule has 2 rings (SSSR count). The van der Waals surface area contributed by atoms with Crippen LogP contribution in [0.2, 0.25) is 5.02 Å². The lowest BCUT2D eigenvalue weighted by Gasteiger charge is -2.31. The van der Waals surface area contributed by atoms with Crippen molar-refractivity contribution in [1.29, 1.82) is 0 Å². The molecule has 0 heterocycles. The van der Waals surface area contributed by atoms with Crippen molar-refractivity contribution < 1.29 is 16.8 Å². The predicted molar refractivity (Wildman–Crippen MR) is 89.7 cm³/mol. The normalized spacial score (nSPS) is 22.9. The van der Waals surface area contributed by atoms with Crippen LogP contribution in [0.25, 0.3) is 0 Å². The Morgan fingerprint density at radius 3 is 2.48 bits per heavy atom. The molecule has 9 heteroatoms. The minimum atomic E-state index is -3.92. The van der Waals surface area contributed by atoms with E-state index in [1.165, 1.54) is 12.1 Å². The first-order valence-electron chi connectivity index (χ1n) is 7.37. The first-order valence-corrected chi connectivity index (χ1v) is 11.1. The van der Waals surface area contributed by atoms with Gasteiger partial charge in [-0.25, -0.2) is 21.6 Å². The lowest BCUT2D eigenvalue weighted by molar-refractivity contribution is 0.296. The van der Waals surface area contributed by atoms with E-state index < -0.39 is 19.9 Å². The lowest BCUT2D eigenvalue weighted by Crippen LogP contribution is -2.44. The van der Waals surface area contributed by atoms with Crippen LogP contribution in [-0.4, -0.2) is 35.7 Å². The van der Waals surface area contributed by atoms with Crippen LogP contribution < -0.4 is 10.5 Å². The van der Waals surface area contributed by atoms with E-state index in [2.05, 4.69) is 4.72 Å². The fraction of sp³-hybridized carbons (Fsp3) is 0.571. The molecule has 1 fully saturated rings. The summed E-state index contributed by atoms with van der Waals surface area (Å²) in [6.45, 7) is 0.407. The molecule has 3 N–H and O–H groups in total. The SMILES string of the molecule is CS(=O)(=O)c1ccc(Cl)c(S(=O)(=O)N[C@H]2CCCC[C@@H]2CN)c1. The van der Waals surface area contributed by atoms with Crippen LogP contribution in [0.1, 0.15) is 25.7 Å². The first-order chi connectivity index (χ1) is 10.6. The van der Waals surface area contributed by atoms with Gasteiger partial charge >= 0.3 is 0 Å². The number of nitrogens with one attached hydrogen (secondary N) is 1. The summed E-state index contributed by atoms with van der Waals surface area (Å²) in [5.74, 6) is 0.0791. The van der Waals surface area contributed by atoms with E-state index in [1.807, 2.05) is 0 Å². The third-order valence-electron chi connectivity index (χ3n) is 4.14. The molecule has 23 heavy (non-hydrogen) atoms. The third-order valence-corrected chi connectivity index (χ3v) is 7.22. The van der Waals surface area contributed by atoms with Crippen LogP contribution in [0.15, 0.2) is 28.0 Å². The molecular weight excluding hydrogens is 360 g/mol. The Kier molecular flexibility index (Phi) is 5.73. The summed E-state index contributed by atoms with van der Waals surface area (Å²) < 4.78 is 51.2. The minimum absolute atomic E-state index is 0.00925. The molecule has 0 aromatic heterocycles. The summed E-state index contributed by atoms with van der Waals surface area (Å²) in [4.78, 5) is -0.301. The third kappa shape index (κ3) is 4.45. The number of hydrogen-bond donors (Lipinski definition) is 2. The number of sulfonamides is 1. The monoisotopic (exact) mass is 380 g/mol. The second kappa shape index (κ2) is 7.06. The average Bonchev–Trinajstić information content (AvgIpc) is 2.46. The van der Waals surface area contributed by atoms with Crippen LogP contribution >= 0.6 is 11.6 Å². The van der Waals surface area contributed by atoms with Gasteiger partial charge in [-0.1, -0.05) is 24.4 Å². The molecule has 0 unspecified atom stereocenters. The quantitative estimate of drug-likeness (QED) is 0.805. The lowest BCUT2D eigenvalue weighted by atomic mass is 9.85. The number of benzene rings is 1. The number of rotatable bonds is 5. The summed E-state index contributed by atoms with van der Waals surface area (Å²) >= 11 is 5.98. The highest BCUT2D eigenvalue weighted by molar-refractivity contribution is 7.91. The second-order valence-corrected chi connectivity index (χ2v) is 9.98. The molecule has 1 saturated carbocycles. The topological polar surface area (TPSA) is 106 Å². The number of sulfone groups is 1. The smallest absolute Gasteiger partial charge is 0.242 e. The van der Waals surface area contributed by atoms with E-state index in [-0.39, 0.29) is 26.8 Å². The van der Waals surface area contributed by atoms with Crippen molar-refractivity contribution in [1.82, 2.24) is 4.72 Å². The molecule has 0 aliphatic heterocycles. The van der Waals surface area contributed by atoms with E-state index in [1.54, 1.807) is 0 Å². The zero-order valence-electron chi connectivity index (χ0n) is 12.8. The van der Waals surface area contributed by atoms with Crippen molar-refractivity contribution >= 4 is 31.5 Å². The average molecular weight is 381 g/mol. The fourth-order valence-electron chi connectivity index (χ4n) is 2.83. The Bertz CT molecular complexity index is 778. The molecule has 1 aliphatic carbocycles. The van der Waals surface area contributed by atoms with Gasteiger partial charge in [-0.2, -0.15) is 0 Å². The van der Waals surface area contributed by atoms with Gasteiger partial charge in [-0.05, 0) is 43.5 Å². The molecule has 0 spiro atoms.